The Morgan fingerprint density at radius 2 is 2.09 bits per heavy atom. The monoisotopic (exact) mass is 326 g/mol. The molecule has 3 aromatic rings. The lowest BCUT2D eigenvalue weighted by Crippen LogP contribution is -2.31. The third kappa shape index (κ3) is 3.32. The summed E-state index contributed by atoms with van der Waals surface area (Å²) in [6, 6.07) is 8.00. The number of nitrogens with one attached hydrogen (secondary N) is 1. The third-order valence-corrected chi connectivity index (χ3v) is 4.47. The van der Waals surface area contributed by atoms with Crippen molar-refractivity contribution in [1.82, 2.24) is 9.97 Å². The number of carbonyl (C=O) groups excluding carboxylic acids is 1. The van der Waals surface area contributed by atoms with Gasteiger partial charge in [-0.1, -0.05) is 12.1 Å². The summed E-state index contributed by atoms with van der Waals surface area (Å²) in [6.45, 7) is 4.23. The zero-order chi connectivity index (χ0) is 16.4. The van der Waals surface area contributed by atoms with Crippen molar-refractivity contribution in [3.05, 3.63) is 47.1 Å². The quantitative estimate of drug-likeness (QED) is 0.798. The molecule has 2 aromatic heterocycles. The summed E-state index contributed by atoms with van der Waals surface area (Å²) < 4.78 is 0. The van der Waals surface area contributed by atoms with Gasteiger partial charge in [0, 0.05) is 12.7 Å². The Kier molecular flexibility index (Phi) is 4.25. The number of nitrogens with zero attached hydrogens (tertiary/aromatic N) is 3. The van der Waals surface area contributed by atoms with E-state index in [2.05, 4.69) is 15.3 Å². The lowest BCUT2D eigenvalue weighted by molar-refractivity contribution is -0.114. The standard InChI is InChI=1S/C17H18N4OS/c1-11-4-5-12(2)14(8-11)20-15(22)9-21(3)16-13-6-7-23-17(13)19-10-18-16/h4-8,10H,9H2,1-3H3,(H,20,22). The smallest absolute Gasteiger partial charge is 0.243 e. The fraction of sp³-hybridized carbons (Fsp3) is 0.235. The van der Waals surface area contributed by atoms with Gasteiger partial charge in [-0.3, -0.25) is 4.79 Å². The average Bonchev–Trinajstić information content (AvgIpc) is 2.99. The molecular formula is C17H18N4OS. The molecule has 1 amide bonds. The normalized spacial score (nSPS) is 10.7. The summed E-state index contributed by atoms with van der Waals surface area (Å²) in [5.41, 5.74) is 3.02. The highest BCUT2D eigenvalue weighted by Gasteiger charge is 2.13. The number of amides is 1. The predicted octanol–water partition coefficient (Wildman–Crippen LogP) is 3.38. The minimum absolute atomic E-state index is 0.0665. The number of carbonyl (C=O) groups is 1. The van der Waals surface area contributed by atoms with Crippen LogP contribution in [0.1, 0.15) is 11.1 Å². The summed E-state index contributed by atoms with van der Waals surface area (Å²) >= 11 is 1.57. The van der Waals surface area contributed by atoms with Crippen LogP contribution in [0.25, 0.3) is 10.2 Å². The molecular weight excluding hydrogens is 308 g/mol. The van der Waals surface area contributed by atoms with Crippen molar-refractivity contribution in [3.63, 3.8) is 0 Å². The molecule has 0 atom stereocenters. The molecule has 5 nitrogen and oxygen atoms in total. The summed E-state index contributed by atoms with van der Waals surface area (Å²) in [5.74, 6) is 0.704. The van der Waals surface area contributed by atoms with Gasteiger partial charge in [0.2, 0.25) is 5.91 Å². The number of thiophene rings is 1. The molecule has 0 bridgehead atoms. The Labute approximate surface area is 139 Å². The zero-order valence-corrected chi connectivity index (χ0v) is 14.1. The number of aryl methyl sites for hydroxylation is 2. The molecule has 2 heterocycles. The Morgan fingerprint density at radius 3 is 2.91 bits per heavy atom. The van der Waals surface area contributed by atoms with E-state index in [9.17, 15) is 4.79 Å². The summed E-state index contributed by atoms with van der Waals surface area (Å²) in [7, 11) is 1.86. The molecule has 0 saturated carbocycles. The van der Waals surface area contributed by atoms with Gasteiger partial charge in [-0.15, -0.1) is 11.3 Å². The fourth-order valence-corrected chi connectivity index (χ4v) is 3.16. The topological polar surface area (TPSA) is 58.1 Å². The summed E-state index contributed by atoms with van der Waals surface area (Å²) in [4.78, 5) is 23.7. The van der Waals surface area contributed by atoms with E-state index in [0.717, 1.165) is 32.8 Å². The fourth-order valence-electron chi connectivity index (χ4n) is 2.43. The van der Waals surface area contributed by atoms with Crippen LogP contribution in [0.4, 0.5) is 11.5 Å². The summed E-state index contributed by atoms with van der Waals surface area (Å²) in [5, 5.41) is 5.92. The molecule has 118 valence electrons. The molecule has 6 heteroatoms. The molecule has 23 heavy (non-hydrogen) atoms. The third-order valence-electron chi connectivity index (χ3n) is 3.65. The van der Waals surface area contributed by atoms with Crippen LogP contribution in [-0.4, -0.2) is 29.5 Å². The first-order valence-electron chi connectivity index (χ1n) is 7.31. The second-order valence-corrected chi connectivity index (χ2v) is 6.45. The maximum Gasteiger partial charge on any atom is 0.243 e. The van der Waals surface area contributed by atoms with Gasteiger partial charge >= 0.3 is 0 Å². The van der Waals surface area contributed by atoms with Gasteiger partial charge in [0.15, 0.2) is 0 Å². The molecule has 0 aliphatic rings. The first kappa shape index (κ1) is 15.4. The van der Waals surface area contributed by atoms with Gasteiger partial charge in [0.05, 0.1) is 11.9 Å². The number of likely N-dealkylation sites (N-methyl/N-ethyl adjacent to an activating group) is 1. The average molecular weight is 326 g/mol. The van der Waals surface area contributed by atoms with E-state index in [1.807, 2.05) is 55.4 Å². The molecule has 0 fully saturated rings. The molecule has 0 aliphatic heterocycles. The summed E-state index contributed by atoms with van der Waals surface area (Å²) in [6.07, 6.45) is 1.53. The highest BCUT2D eigenvalue weighted by atomic mass is 32.1. The number of rotatable bonds is 4. The number of hydrogen-bond acceptors (Lipinski definition) is 5. The van der Waals surface area contributed by atoms with Crippen LogP contribution in [0.3, 0.4) is 0 Å². The van der Waals surface area contributed by atoms with E-state index in [-0.39, 0.29) is 12.5 Å². The number of benzene rings is 1. The lowest BCUT2D eigenvalue weighted by atomic mass is 10.1. The van der Waals surface area contributed by atoms with Gasteiger partial charge in [-0.25, -0.2) is 9.97 Å². The van der Waals surface area contributed by atoms with Crippen molar-refractivity contribution in [3.8, 4) is 0 Å². The molecule has 0 saturated heterocycles. The van der Waals surface area contributed by atoms with E-state index in [0.29, 0.717) is 0 Å². The van der Waals surface area contributed by atoms with Crippen LogP contribution in [0.5, 0.6) is 0 Å². The lowest BCUT2D eigenvalue weighted by Gasteiger charge is -2.18. The Hall–Kier alpha value is -2.47. The van der Waals surface area contributed by atoms with Gasteiger partial charge in [-0.05, 0) is 42.5 Å². The van der Waals surface area contributed by atoms with Crippen molar-refractivity contribution in [2.45, 2.75) is 13.8 Å². The predicted molar refractivity (Wildman–Crippen MR) is 95.2 cm³/mol. The SMILES string of the molecule is Cc1ccc(C)c(NC(=O)CN(C)c2ncnc3sccc23)c1. The van der Waals surface area contributed by atoms with Gasteiger partial charge in [-0.2, -0.15) is 0 Å². The van der Waals surface area contributed by atoms with Crippen molar-refractivity contribution in [2.24, 2.45) is 0 Å². The van der Waals surface area contributed by atoms with Crippen molar-refractivity contribution < 1.29 is 4.79 Å². The van der Waals surface area contributed by atoms with Crippen LogP contribution >= 0.6 is 11.3 Å². The highest BCUT2D eigenvalue weighted by molar-refractivity contribution is 7.16. The molecule has 0 radical (unpaired) electrons. The Balaban J connectivity index is 1.75. The molecule has 3 rings (SSSR count). The van der Waals surface area contributed by atoms with E-state index in [1.54, 1.807) is 11.3 Å². The van der Waals surface area contributed by atoms with Gasteiger partial charge in [0.1, 0.15) is 17.0 Å². The molecule has 1 N–H and O–H groups in total. The van der Waals surface area contributed by atoms with Crippen molar-refractivity contribution >= 4 is 39.0 Å². The minimum Gasteiger partial charge on any atom is -0.350 e. The largest absolute Gasteiger partial charge is 0.350 e. The van der Waals surface area contributed by atoms with E-state index in [4.69, 9.17) is 0 Å². The second kappa shape index (κ2) is 6.34. The Morgan fingerprint density at radius 1 is 1.26 bits per heavy atom. The molecule has 0 aliphatic carbocycles. The van der Waals surface area contributed by atoms with Crippen LogP contribution in [-0.2, 0) is 4.79 Å². The van der Waals surface area contributed by atoms with Crippen LogP contribution in [0, 0.1) is 13.8 Å². The van der Waals surface area contributed by atoms with E-state index < -0.39 is 0 Å². The first-order chi connectivity index (χ1) is 11.0. The molecule has 1 aromatic carbocycles. The maximum atomic E-state index is 12.3. The first-order valence-corrected chi connectivity index (χ1v) is 8.19. The number of hydrogen-bond donors (Lipinski definition) is 1. The molecule has 0 spiro atoms. The van der Waals surface area contributed by atoms with Gasteiger partial charge in [0.25, 0.3) is 0 Å². The van der Waals surface area contributed by atoms with Crippen molar-refractivity contribution in [2.75, 3.05) is 23.8 Å². The number of anilines is 2. The highest BCUT2D eigenvalue weighted by Crippen LogP contribution is 2.26. The van der Waals surface area contributed by atoms with Crippen LogP contribution in [0.15, 0.2) is 36.0 Å². The second-order valence-electron chi connectivity index (χ2n) is 5.56. The maximum absolute atomic E-state index is 12.3. The number of aromatic nitrogens is 2. The van der Waals surface area contributed by atoms with E-state index in [1.165, 1.54) is 6.33 Å². The minimum atomic E-state index is -0.0665. The van der Waals surface area contributed by atoms with Crippen LogP contribution < -0.4 is 10.2 Å². The van der Waals surface area contributed by atoms with Crippen molar-refractivity contribution in [1.29, 1.82) is 0 Å². The Bertz CT molecular complexity index is 859. The molecule has 0 unspecified atom stereocenters. The zero-order valence-electron chi connectivity index (χ0n) is 13.3. The van der Waals surface area contributed by atoms with Crippen LogP contribution in [0.2, 0.25) is 0 Å². The van der Waals surface area contributed by atoms with Gasteiger partial charge < -0.3 is 10.2 Å². The number of fused-ring (bicyclic) bond motifs is 1. The van der Waals surface area contributed by atoms with E-state index >= 15 is 0 Å².